The monoisotopic (exact) mass is 338 g/mol. The fourth-order valence-corrected chi connectivity index (χ4v) is 3.62. The van der Waals surface area contributed by atoms with Crippen LogP contribution in [0.2, 0.25) is 0 Å². The van der Waals surface area contributed by atoms with Crippen molar-refractivity contribution in [2.45, 2.75) is 136 Å². The Kier molecular flexibility index (Phi) is 18.7. The van der Waals surface area contributed by atoms with Crippen molar-refractivity contribution in [3.8, 4) is 0 Å². The van der Waals surface area contributed by atoms with Gasteiger partial charge in [-0.05, 0) is 19.3 Å². The molecule has 0 heterocycles. The van der Waals surface area contributed by atoms with Crippen LogP contribution in [-0.4, -0.2) is 5.78 Å². The third kappa shape index (κ3) is 18.0. The minimum Gasteiger partial charge on any atom is -0.300 e. The molecule has 0 aromatic rings. The van der Waals surface area contributed by atoms with Gasteiger partial charge in [0.05, 0.1) is 0 Å². The Morgan fingerprint density at radius 1 is 0.625 bits per heavy atom. The molecule has 0 aromatic heterocycles. The van der Waals surface area contributed by atoms with Crippen LogP contribution in [0.4, 0.5) is 0 Å². The van der Waals surface area contributed by atoms with Crippen molar-refractivity contribution in [1.29, 1.82) is 0 Å². The van der Waals surface area contributed by atoms with Crippen molar-refractivity contribution in [2.75, 3.05) is 0 Å². The third-order valence-corrected chi connectivity index (χ3v) is 5.43. The lowest BCUT2D eigenvalue weighted by molar-refractivity contribution is -0.117. The van der Waals surface area contributed by atoms with Gasteiger partial charge in [0.25, 0.3) is 0 Å². The molecule has 1 heteroatoms. The van der Waals surface area contributed by atoms with Crippen LogP contribution in [0, 0.1) is 5.92 Å². The van der Waals surface area contributed by atoms with Gasteiger partial charge in [-0.1, -0.05) is 117 Å². The highest BCUT2D eigenvalue weighted by Crippen LogP contribution is 2.20. The maximum absolute atomic E-state index is 10.8. The Bertz CT molecular complexity index is 259. The molecule has 1 unspecified atom stereocenters. The Hall–Kier alpha value is -0.330. The molecule has 144 valence electrons. The average molecular weight is 339 g/mol. The zero-order chi connectivity index (χ0) is 17.9. The second-order valence-corrected chi connectivity index (χ2v) is 7.90. The zero-order valence-corrected chi connectivity index (χ0v) is 17.2. The SMILES string of the molecule is CCCCC(CC)CCCCCCCCCCCCCCC(C)=O. The maximum Gasteiger partial charge on any atom is 0.129 e. The van der Waals surface area contributed by atoms with Crippen molar-refractivity contribution in [2.24, 2.45) is 5.92 Å². The number of carbonyl (C=O) groups excluding carboxylic acids is 1. The fraction of sp³-hybridized carbons (Fsp3) is 0.957. The highest BCUT2D eigenvalue weighted by molar-refractivity contribution is 5.75. The van der Waals surface area contributed by atoms with Gasteiger partial charge in [0.15, 0.2) is 0 Å². The second-order valence-electron chi connectivity index (χ2n) is 7.90. The van der Waals surface area contributed by atoms with Gasteiger partial charge >= 0.3 is 0 Å². The van der Waals surface area contributed by atoms with Crippen molar-refractivity contribution in [1.82, 2.24) is 0 Å². The third-order valence-electron chi connectivity index (χ3n) is 5.43. The van der Waals surface area contributed by atoms with Crippen LogP contribution >= 0.6 is 0 Å². The van der Waals surface area contributed by atoms with E-state index < -0.39 is 0 Å². The van der Waals surface area contributed by atoms with E-state index in [1.807, 2.05) is 0 Å². The normalized spacial score (nSPS) is 12.5. The van der Waals surface area contributed by atoms with Gasteiger partial charge in [0.1, 0.15) is 5.78 Å². The summed E-state index contributed by atoms with van der Waals surface area (Å²) in [6, 6.07) is 0. The summed E-state index contributed by atoms with van der Waals surface area (Å²) in [6.45, 7) is 6.37. The van der Waals surface area contributed by atoms with Crippen molar-refractivity contribution in [3.63, 3.8) is 0 Å². The molecule has 0 amide bonds. The predicted molar refractivity (Wildman–Crippen MR) is 109 cm³/mol. The van der Waals surface area contributed by atoms with Gasteiger partial charge in [-0.25, -0.2) is 0 Å². The highest BCUT2D eigenvalue weighted by atomic mass is 16.1. The molecule has 0 radical (unpaired) electrons. The number of ketones is 1. The zero-order valence-electron chi connectivity index (χ0n) is 17.2. The summed E-state index contributed by atoms with van der Waals surface area (Å²) in [5.74, 6) is 1.35. The molecule has 1 nitrogen and oxygen atoms in total. The van der Waals surface area contributed by atoms with Crippen LogP contribution in [0.15, 0.2) is 0 Å². The lowest BCUT2D eigenvalue weighted by Crippen LogP contribution is -1.98. The highest BCUT2D eigenvalue weighted by Gasteiger charge is 2.05. The molecule has 0 N–H and O–H groups in total. The minimum absolute atomic E-state index is 0.348. The van der Waals surface area contributed by atoms with E-state index in [-0.39, 0.29) is 0 Å². The molecule has 0 spiro atoms. The minimum atomic E-state index is 0.348. The van der Waals surface area contributed by atoms with E-state index in [0.29, 0.717) is 5.78 Å². The first-order valence-electron chi connectivity index (χ1n) is 11.2. The van der Waals surface area contributed by atoms with Crippen LogP contribution in [0.1, 0.15) is 136 Å². The quantitative estimate of drug-likeness (QED) is 0.217. The summed E-state index contributed by atoms with van der Waals surface area (Å²) in [4.78, 5) is 10.8. The lowest BCUT2D eigenvalue weighted by atomic mass is 9.93. The molecule has 0 saturated heterocycles. The topological polar surface area (TPSA) is 17.1 Å². The van der Waals surface area contributed by atoms with E-state index >= 15 is 0 Å². The van der Waals surface area contributed by atoms with Gasteiger partial charge in [0, 0.05) is 6.42 Å². The van der Waals surface area contributed by atoms with Crippen LogP contribution < -0.4 is 0 Å². The van der Waals surface area contributed by atoms with Crippen LogP contribution in [0.25, 0.3) is 0 Å². The first-order chi connectivity index (χ1) is 11.7. The van der Waals surface area contributed by atoms with Gasteiger partial charge in [0.2, 0.25) is 0 Å². The molecule has 0 aliphatic carbocycles. The van der Waals surface area contributed by atoms with Crippen molar-refractivity contribution >= 4 is 5.78 Å². The molecule has 0 saturated carbocycles. The molecular weight excluding hydrogens is 292 g/mol. The van der Waals surface area contributed by atoms with Gasteiger partial charge in [-0.2, -0.15) is 0 Å². The van der Waals surface area contributed by atoms with Gasteiger partial charge in [-0.3, -0.25) is 0 Å². The number of rotatable bonds is 19. The summed E-state index contributed by atoms with van der Waals surface area (Å²) in [6.07, 6.45) is 24.4. The summed E-state index contributed by atoms with van der Waals surface area (Å²) < 4.78 is 0. The largest absolute Gasteiger partial charge is 0.300 e. The Morgan fingerprint density at radius 3 is 1.46 bits per heavy atom. The molecule has 0 fully saturated rings. The van der Waals surface area contributed by atoms with Gasteiger partial charge in [-0.15, -0.1) is 0 Å². The van der Waals surface area contributed by atoms with Crippen molar-refractivity contribution in [3.05, 3.63) is 0 Å². The first kappa shape index (κ1) is 23.7. The molecule has 24 heavy (non-hydrogen) atoms. The number of hydrogen-bond donors (Lipinski definition) is 0. The van der Waals surface area contributed by atoms with Crippen LogP contribution in [-0.2, 0) is 4.79 Å². The van der Waals surface area contributed by atoms with E-state index in [9.17, 15) is 4.79 Å². The van der Waals surface area contributed by atoms with Gasteiger partial charge < -0.3 is 4.79 Å². The first-order valence-corrected chi connectivity index (χ1v) is 11.2. The van der Waals surface area contributed by atoms with Crippen LogP contribution in [0.3, 0.4) is 0 Å². The van der Waals surface area contributed by atoms with E-state index in [2.05, 4.69) is 13.8 Å². The Balaban J connectivity index is 3.15. The van der Waals surface area contributed by atoms with E-state index in [4.69, 9.17) is 0 Å². The number of carbonyl (C=O) groups is 1. The summed E-state index contributed by atoms with van der Waals surface area (Å²) in [5, 5.41) is 0. The fourth-order valence-electron chi connectivity index (χ4n) is 3.62. The molecular formula is C23H46O. The van der Waals surface area contributed by atoms with E-state index in [1.165, 1.54) is 103 Å². The molecule has 0 aromatic carbocycles. The molecule has 0 aliphatic heterocycles. The smallest absolute Gasteiger partial charge is 0.129 e. The molecule has 0 aliphatic rings. The van der Waals surface area contributed by atoms with E-state index in [1.54, 1.807) is 6.92 Å². The second kappa shape index (κ2) is 19.0. The maximum atomic E-state index is 10.8. The molecule has 1 atom stereocenters. The standard InChI is InChI=1S/C23H46O/c1-4-6-20-23(5-2)21-18-16-14-12-10-8-7-9-11-13-15-17-19-22(3)24/h23H,4-21H2,1-3H3. The number of unbranched alkanes of at least 4 members (excludes halogenated alkanes) is 12. The number of Topliss-reactive ketones (excluding diaryl/α,β-unsaturated/α-hetero) is 1. The predicted octanol–water partition coefficient (Wildman–Crippen LogP) is 8.25. The lowest BCUT2D eigenvalue weighted by Gasteiger charge is -2.13. The molecule has 0 rings (SSSR count). The average Bonchev–Trinajstić information content (AvgIpc) is 2.57. The summed E-state index contributed by atoms with van der Waals surface area (Å²) >= 11 is 0. The Labute approximate surface area is 153 Å². The number of hydrogen-bond acceptors (Lipinski definition) is 1. The van der Waals surface area contributed by atoms with E-state index in [0.717, 1.165) is 18.8 Å². The molecule has 0 bridgehead atoms. The summed E-state index contributed by atoms with van der Waals surface area (Å²) in [5.41, 5.74) is 0. The van der Waals surface area contributed by atoms with Crippen molar-refractivity contribution < 1.29 is 4.79 Å². The van der Waals surface area contributed by atoms with Crippen LogP contribution in [0.5, 0.6) is 0 Å². The Morgan fingerprint density at radius 2 is 1.04 bits per heavy atom. The summed E-state index contributed by atoms with van der Waals surface area (Å²) in [7, 11) is 0.